The van der Waals surface area contributed by atoms with Crippen molar-refractivity contribution in [2.24, 2.45) is 0 Å². The van der Waals surface area contributed by atoms with E-state index < -0.39 is 12.0 Å². The predicted molar refractivity (Wildman–Crippen MR) is 61.0 cm³/mol. The summed E-state index contributed by atoms with van der Waals surface area (Å²) in [6.45, 7) is 0.796. The van der Waals surface area contributed by atoms with Crippen molar-refractivity contribution in [1.29, 1.82) is 0 Å². The lowest BCUT2D eigenvalue weighted by Crippen LogP contribution is -2.35. The summed E-state index contributed by atoms with van der Waals surface area (Å²) < 4.78 is 5.14. The zero-order valence-electron chi connectivity index (χ0n) is 9.22. The molecule has 0 aliphatic carbocycles. The highest BCUT2D eigenvalue weighted by molar-refractivity contribution is 5.79. The number of carbonyl (C=O) groups is 1. The molecule has 2 rings (SSSR count). The van der Waals surface area contributed by atoms with Crippen LogP contribution in [0.25, 0.3) is 0 Å². The predicted octanol–water partition coefficient (Wildman–Crippen LogP) is 1.75. The van der Waals surface area contributed by atoms with Crippen molar-refractivity contribution in [2.45, 2.75) is 18.9 Å². The van der Waals surface area contributed by atoms with Crippen LogP contribution >= 0.6 is 0 Å². The lowest BCUT2D eigenvalue weighted by molar-refractivity contribution is -0.138. The van der Waals surface area contributed by atoms with Gasteiger partial charge in [0, 0.05) is 18.3 Å². The molecule has 0 spiro atoms. The van der Waals surface area contributed by atoms with E-state index in [1.165, 1.54) is 0 Å². The minimum Gasteiger partial charge on any atom is -0.497 e. The van der Waals surface area contributed by atoms with Gasteiger partial charge in [-0.05, 0) is 25.0 Å². The number of methoxy groups -OCH3 is 1. The van der Waals surface area contributed by atoms with Crippen LogP contribution in [0.2, 0.25) is 0 Å². The van der Waals surface area contributed by atoms with Crippen LogP contribution in [-0.4, -0.2) is 30.8 Å². The Kier molecular flexibility index (Phi) is 2.99. The molecule has 1 N–H and O–H groups in total. The standard InChI is InChI=1S/C12H15NO3/c1-16-10-5-2-4-9(8-10)13-7-3-6-11(13)12(14)15/h2,4-5,8,11H,3,6-7H2,1H3,(H,14,15)/t11-/m0/s1. The van der Waals surface area contributed by atoms with Crippen molar-refractivity contribution < 1.29 is 14.6 Å². The number of aliphatic carboxylic acids is 1. The molecule has 4 heteroatoms. The molecule has 0 amide bonds. The van der Waals surface area contributed by atoms with Gasteiger partial charge in [-0.25, -0.2) is 4.79 Å². The second-order valence-electron chi connectivity index (χ2n) is 3.89. The van der Waals surface area contributed by atoms with E-state index >= 15 is 0 Å². The van der Waals surface area contributed by atoms with E-state index in [0.717, 1.165) is 24.4 Å². The summed E-state index contributed by atoms with van der Waals surface area (Å²) in [5.41, 5.74) is 0.921. The van der Waals surface area contributed by atoms with E-state index in [2.05, 4.69) is 0 Å². The first kappa shape index (κ1) is 10.8. The fourth-order valence-electron chi connectivity index (χ4n) is 2.12. The Balaban J connectivity index is 2.25. The number of benzene rings is 1. The molecule has 1 aliphatic rings. The van der Waals surface area contributed by atoms with Gasteiger partial charge in [0.1, 0.15) is 11.8 Å². The molecule has 1 aliphatic heterocycles. The zero-order valence-corrected chi connectivity index (χ0v) is 9.22. The Bertz CT molecular complexity index is 392. The van der Waals surface area contributed by atoms with Crippen LogP contribution in [0.3, 0.4) is 0 Å². The summed E-state index contributed by atoms with van der Waals surface area (Å²) in [4.78, 5) is 13.0. The van der Waals surface area contributed by atoms with E-state index in [-0.39, 0.29) is 0 Å². The van der Waals surface area contributed by atoms with Crippen molar-refractivity contribution in [3.05, 3.63) is 24.3 Å². The fourth-order valence-corrected chi connectivity index (χ4v) is 2.12. The molecule has 16 heavy (non-hydrogen) atoms. The Morgan fingerprint density at radius 2 is 2.38 bits per heavy atom. The number of nitrogens with zero attached hydrogens (tertiary/aromatic N) is 1. The van der Waals surface area contributed by atoms with Crippen LogP contribution in [0.15, 0.2) is 24.3 Å². The average Bonchev–Trinajstić information content (AvgIpc) is 2.78. The third-order valence-electron chi connectivity index (χ3n) is 2.92. The summed E-state index contributed by atoms with van der Waals surface area (Å²) in [6, 6.07) is 7.14. The van der Waals surface area contributed by atoms with Gasteiger partial charge in [-0.1, -0.05) is 6.07 Å². The number of ether oxygens (including phenoxy) is 1. The molecule has 0 radical (unpaired) electrons. The number of anilines is 1. The highest BCUT2D eigenvalue weighted by Crippen LogP contribution is 2.28. The highest BCUT2D eigenvalue weighted by Gasteiger charge is 2.30. The molecule has 1 atom stereocenters. The van der Waals surface area contributed by atoms with Gasteiger partial charge in [-0.3, -0.25) is 0 Å². The molecule has 1 aromatic carbocycles. The monoisotopic (exact) mass is 221 g/mol. The lowest BCUT2D eigenvalue weighted by Gasteiger charge is -2.23. The van der Waals surface area contributed by atoms with E-state index in [0.29, 0.717) is 6.42 Å². The molecule has 86 valence electrons. The molecule has 0 bridgehead atoms. The summed E-state index contributed by atoms with van der Waals surface area (Å²) in [7, 11) is 1.61. The van der Waals surface area contributed by atoms with Crippen LogP contribution in [0, 0.1) is 0 Å². The maximum atomic E-state index is 11.1. The lowest BCUT2D eigenvalue weighted by atomic mass is 10.2. The van der Waals surface area contributed by atoms with Gasteiger partial charge in [-0.15, -0.1) is 0 Å². The van der Waals surface area contributed by atoms with Gasteiger partial charge >= 0.3 is 5.97 Å². The molecule has 1 saturated heterocycles. The third kappa shape index (κ3) is 1.96. The summed E-state index contributed by atoms with van der Waals surface area (Å²) in [6.07, 6.45) is 1.64. The first-order valence-corrected chi connectivity index (χ1v) is 5.36. The van der Waals surface area contributed by atoms with Crippen LogP contribution in [-0.2, 0) is 4.79 Å². The normalized spacial score (nSPS) is 19.8. The molecule has 1 fully saturated rings. The Morgan fingerprint density at radius 1 is 1.56 bits per heavy atom. The minimum absolute atomic E-state index is 0.396. The number of carboxylic acid groups (broad SMARTS) is 1. The topological polar surface area (TPSA) is 49.8 Å². The highest BCUT2D eigenvalue weighted by atomic mass is 16.5. The largest absolute Gasteiger partial charge is 0.497 e. The third-order valence-corrected chi connectivity index (χ3v) is 2.92. The van der Waals surface area contributed by atoms with Gasteiger partial charge in [-0.2, -0.15) is 0 Å². The Hall–Kier alpha value is -1.71. The molecule has 4 nitrogen and oxygen atoms in total. The zero-order chi connectivity index (χ0) is 11.5. The second kappa shape index (κ2) is 4.43. The van der Waals surface area contributed by atoms with E-state index in [4.69, 9.17) is 9.84 Å². The SMILES string of the molecule is COc1cccc(N2CCC[C@H]2C(=O)O)c1. The molecule has 1 aromatic rings. The van der Waals surface area contributed by atoms with Gasteiger partial charge in [0.2, 0.25) is 0 Å². The minimum atomic E-state index is -0.750. The quantitative estimate of drug-likeness (QED) is 0.844. The van der Waals surface area contributed by atoms with Crippen LogP contribution < -0.4 is 9.64 Å². The van der Waals surface area contributed by atoms with Crippen molar-refractivity contribution in [2.75, 3.05) is 18.6 Å². The van der Waals surface area contributed by atoms with Crippen LogP contribution in [0.5, 0.6) is 5.75 Å². The van der Waals surface area contributed by atoms with E-state index in [1.807, 2.05) is 29.2 Å². The van der Waals surface area contributed by atoms with Crippen LogP contribution in [0.1, 0.15) is 12.8 Å². The number of carboxylic acids is 1. The molecule has 0 unspecified atom stereocenters. The summed E-state index contributed by atoms with van der Waals surface area (Å²) in [5.74, 6) is 0.00820. The second-order valence-corrected chi connectivity index (χ2v) is 3.89. The maximum absolute atomic E-state index is 11.1. The van der Waals surface area contributed by atoms with Gasteiger partial charge < -0.3 is 14.7 Å². The van der Waals surface area contributed by atoms with Gasteiger partial charge in [0.15, 0.2) is 0 Å². The fraction of sp³-hybridized carbons (Fsp3) is 0.417. The first-order valence-electron chi connectivity index (χ1n) is 5.36. The first-order chi connectivity index (χ1) is 7.72. The Morgan fingerprint density at radius 3 is 3.06 bits per heavy atom. The molecule has 0 aromatic heterocycles. The average molecular weight is 221 g/mol. The van der Waals surface area contributed by atoms with Crippen molar-refractivity contribution >= 4 is 11.7 Å². The van der Waals surface area contributed by atoms with Gasteiger partial charge in [0.05, 0.1) is 7.11 Å². The summed E-state index contributed by atoms with van der Waals surface area (Å²) in [5, 5.41) is 9.10. The van der Waals surface area contributed by atoms with E-state index in [1.54, 1.807) is 7.11 Å². The van der Waals surface area contributed by atoms with Crippen molar-refractivity contribution in [1.82, 2.24) is 0 Å². The molecule has 1 heterocycles. The summed E-state index contributed by atoms with van der Waals surface area (Å²) >= 11 is 0. The molecular formula is C12H15NO3. The maximum Gasteiger partial charge on any atom is 0.326 e. The number of rotatable bonds is 3. The Labute approximate surface area is 94.4 Å². The molecule has 0 saturated carbocycles. The van der Waals surface area contributed by atoms with E-state index in [9.17, 15) is 4.79 Å². The van der Waals surface area contributed by atoms with Gasteiger partial charge in [0.25, 0.3) is 0 Å². The number of hydrogen-bond acceptors (Lipinski definition) is 3. The number of hydrogen-bond donors (Lipinski definition) is 1. The van der Waals surface area contributed by atoms with Crippen molar-refractivity contribution in [3.8, 4) is 5.75 Å². The van der Waals surface area contributed by atoms with Crippen LogP contribution in [0.4, 0.5) is 5.69 Å². The van der Waals surface area contributed by atoms with Crippen molar-refractivity contribution in [3.63, 3.8) is 0 Å². The molecular weight excluding hydrogens is 206 g/mol. The smallest absolute Gasteiger partial charge is 0.326 e.